The molecule has 0 saturated heterocycles. The Kier molecular flexibility index (Phi) is 14.3. The van der Waals surface area contributed by atoms with Crippen LogP contribution in [0.2, 0.25) is 0 Å². The van der Waals surface area contributed by atoms with Gasteiger partial charge in [-0.1, -0.05) is 32.6 Å². The first-order chi connectivity index (χ1) is 9.31. The van der Waals surface area contributed by atoms with Gasteiger partial charge in [0.2, 0.25) is 0 Å². The zero-order chi connectivity index (χ0) is 16.0. The van der Waals surface area contributed by atoms with E-state index in [1.54, 1.807) is 0 Å². The van der Waals surface area contributed by atoms with Crippen LogP contribution in [0.15, 0.2) is 0 Å². The van der Waals surface area contributed by atoms with E-state index in [1.807, 2.05) is 0 Å². The molecule has 0 rings (SSSR count). The predicted octanol–water partition coefficient (Wildman–Crippen LogP) is 1.69. The van der Waals surface area contributed by atoms with Gasteiger partial charge >= 0.3 is 17.9 Å². The molecule has 0 aromatic rings. The van der Waals surface area contributed by atoms with Crippen molar-refractivity contribution in [2.24, 2.45) is 5.73 Å². The quantitative estimate of drug-likeness (QED) is 0.449. The number of nitrogens with two attached hydrogens (primary N) is 1. The van der Waals surface area contributed by atoms with Gasteiger partial charge in [0.1, 0.15) is 6.04 Å². The summed E-state index contributed by atoms with van der Waals surface area (Å²) in [5, 5.41) is 24.5. The third kappa shape index (κ3) is 18.7. The van der Waals surface area contributed by atoms with Gasteiger partial charge in [-0.05, 0) is 12.8 Å². The molecular formula is C13H25NO6. The minimum Gasteiger partial charge on any atom is -0.481 e. The highest BCUT2D eigenvalue weighted by molar-refractivity contribution is 5.74. The Labute approximate surface area is 118 Å². The largest absolute Gasteiger partial charge is 0.481 e. The first kappa shape index (κ1) is 20.7. The van der Waals surface area contributed by atoms with E-state index in [2.05, 4.69) is 6.92 Å². The number of carbonyl (C=O) groups is 3. The summed E-state index contributed by atoms with van der Waals surface area (Å²) in [7, 11) is 0. The highest BCUT2D eigenvalue weighted by Crippen LogP contribution is 2.04. The summed E-state index contributed by atoms with van der Waals surface area (Å²) in [5.74, 6) is -2.87. The topological polar surface area (TPSA) is 138 Å². The van der Waals surface area contributed by atoms with Crippen molar-refractivity contribution in [1.29, 1.82) is 0 Å². The van der Waals surface area contributed by atoms with Gasteiger partial charge in [0.05, 0.1) is 0 Å². The molecule has 5 N–H and O–H groups in total. The van der Waals surface area contributed by atoms with Crippen LogP contribution < -0.4 is 5.73 Å². The van der Waals surface area contributed by atoms with Crippen LogP contribution in [0.5, 0.6) is 0 Å². The first-order valence-electron chi connectivity index (χ1n) is 6.73. The Bertz CT molecular complexity index is 293. The average Bonchev–Trinajstić information content (AvgIpc) is 2.36. The van der Waals surface area contributed by atoms with Crippen molar-refractivity contribution in [2.45, 2.75) is 64.3 Å². The fraction of sp³-hybridized carbons (Fsp3) is 0.769. The van der Waals surface area contributed by atoms with Crippen molar-refractivity contribution in [3.05, 3.63) is 0 Å². The molecule has 0 radical (unpaired) electrons. The van der Waals surface area contributed by atoms with E-state index in [0.717, 1.165) is 12.8 Å². The highest BCUT2D eigenvalue weighted by atomic mass is 16.4. The Morgan fingerprint density at radius 1 is 0.900 bits per heavy atom. The van der Waals surface area contributed by atoms with E-state index in [0.29, 0.717) is 6.42 Å². The second kappa shape index (κ2) is 13.8. The minimum atomic E-state index is -1.17. The molecule has 7 heteroatoms. The summed E-state index contributed by atoms with van der Waals surface area (Å²) < 4.78 is 0. The number of hydrogen-bond acceptors (Lipinski definition) is 4. The molecule has 0 spiro atoms. The summed E-state index contributed by atoms with van der Waals surface area (Å²) in [6.07, 6.45) is 5.66. The van der Waals surface area contributed by atoms with Gasteiger partial charge in [0, 0.05) is 12.8 Å². The fourth-order valence-corrected chi connectivity index (χ4v) is 1.28. The van der Waals surface area contributed by atoms with Crippen molar-refractivity contribution in [2.75, 3.05) is 0 Å². The molecule has 0 unspecified atom stereocenters. The highest BCUT2D eigenvalue weighted by Gasteiger charge is 2.12. The van der Waals surface area contributed by atoms with Crippen molar-refractivity contribution in [3.8, 4) is 0 Å². The number of unbranched alkanes of at least 4 members (excludes halogenated alkanes) is 4. The summed E-state index contributed by atoms with van der Waals surface area (Å²) >= 11 is 0. The van der Waals surface area contributed by atoms with Gasteiger partial charge in [-0.2, -0.15) is 0 Å². The SMILES string of the molecule is CCCCCCCC(=O)O.N[C@@H](CCC(=O)O)C(=O)O. The molecule has 118 valence electrons. The first-order valence-corrected chi connectivity index (χ1v) is 6.73. The lowest BCUT2D eigenvalue weighted by molar-refractivity contribution is -0.140. The average molecular weight is 291 g/mol. The lowest BCUT2D eigenvalue weighted by Crippen LogP contribution is -2.30. The number of hydrogen-bond donors (Lipinski definition) is 4. The van der Waals surface area contributed by atoms with Gasteiger partial charge in [-0.3, -0.25) is 14.4 Å². The summed E-state index contributed by atoms with van der Waals surface area (Å²) in [6, 6.07) is -1.06. The van der Waals surface area contributed by atoms with E-state index >= 15 is 0 Å². The molecule has 0 aliphatic heterocycles. The van der Waals surface area contributed by atoms with E-state index < -0.39 is 23.9 Å². The van der Waals surface area contributed by atoms with Gasteiger partial charge < -0.3 is 21.1 Å². The molecule has 0 heterocycles. The molecule has 0 aromatic carbocycles. The fourth-order valence-electron chi connectivity index (χ4n) is 1.28. The molecule has 20 heavy (non-hydrogen) atoms. The zero-order valence-electron chi connectivity index (χ0n) is 11.9. The maximum atomic E-state index is 10.0. The van der Waals surface area contributed by atoms with Gasteiger partial charge in [-0.15, -0.1) is 0 Å². The Hall–Kier alpha value is -1.63. The molecule has 0 amide bonds. The normalized spacial score (nSPS) is 11.1. The number of carboxylic acids is 3. The molecule has 0 saturated carbocycles. The second-order valence-corrected chi connectivity index (χ2v) is 4.44. The van der Waals surface area contributed by atoms with Crippen LogP contribution in [0.3, 0.4) is 0 Å². The van der Waals surface area contributed by atoms with Crippen molar-refractivity contribution >= 4 is 17.9 Å². The van der Waals surface area contributed by atoms with E-state index in [4.69, 9.17) is 21.1 Å². The minimum absolute atomic E-state index is 0.0231. The maximum Gasteiger partial charge on any atom is 0.320 e. The van der Waals surface area contributed by atoms with Crippen molar-refractivity contribution in [1.82, 2.24) is 0 Å². The Morgan fingerprint density at radius 2 is 1.40 bits per heavy atom. The number of rotatable bonds is 10. The van der Waals surface area contributed by atoms with E-state index in [-0.39, 0.29) is 12.8 Å². The van der Waals surface area contributed by atoms with E-state index in [1.165, 1.54) is 19.3 Å². The van der Waals surface area contributed by atoms with Crippen LogP contribution in [0.4, 0.5) is 0 Å². The summed E-state index contributed by atoms with van der Waals surface area (Å²) in [6.45, 7) is 2.15. The predicted molar refractivity (Wildman–Crippen MR) is 73.5 cm³/mol. The van der Waals surface area contributed by atoms with Crippen LogP contribution in [0, 0.1) is 0 Å². The molecule has 0 aliphatic carbocycles. The molecule has 7 nitrogen and oxygen atoms in total. The molecule has 0 aromatic heterocycles. The Balaban J connectivity index is 0. The van der Waals surface area contributed by atoms with Gasteiger partial charge in [0.25, 0.3) is 0 Å². The third-order valence-electron chi connectivity index (χ3n) is 2.48. The summed E-state index contributed by atoms with van der Waals surface area (Å²) in [4.78, 5) is 29.9. The lowest BCUT2D eigenvalue weighted by Gasteiger charge is -2.01. The van der Waals surface area contributed by atoms with Gasteiger partial charge in [0.15, 0.2) is 0 Å². The number of aliphatic carboxylic acids is 3. The smallest absolute Gasteiger partial charge is 0.320 e. The van der Waals surface area contributed by atoms with E-state index in [9.17, 15) is 14.4 Å². The molecule has 0 aliphatic rings. The van der Waals surface area contributed by atoms with Gasteiger partial charge in [-0.25, -0.2) is 0 Å². The maximum absolute atomic E-state index is 10.0. The van der Waals surface area contributed by atoms with Crippen LogP contribution in [-0.4, -0.2) is 39.3 Å². The van der Waals surface area contributed by atoms with Crippen molar-refractivity contribution < 1.29 is 29.7 Å². The molecule has 0 bridgehead atoms. The van der Waals surface area contributed by atoms with Crippen LogP contribution in [0.25, 0.3) is 0 Å². The zero-order valence-corrected chi connectivity index (χ0v) is 11.9. The van der Waals surface area contributed by atoms with Crippen molar-refractivity contribution in [3.63, 3.8) is 0 Å². The second-order valence-electron chi connectivity index (χ2n) is 4.44. The molecular weight excluding hydrogens is 266 g/mol. The number of carboxylic acid groups (broad SMARTS) is 3. The van der Waals surface area contributed by atoms with Crippen LogP contribution >= 0.6 is 0 Å². The summed E-state index contributed by atoms with van der Waals surface area (Å²) in [5.41, 5.74) is 5.00. The molecule has 1 atom stereocenters. The Morgan fingerprint density at radius 3 is 1.80 bits per heavy atom. The third-order valence-corrected chi connectivity index (χ3v) is 2.48. The van der Waals surface area contributed by atoms with Crippen LogP contribution in [-0.2, 0) is 14.4 Å². The lowest BCUT2D eigenvalue weighted by atomic mass is 10.1. The monoisotopic (exact) mass is 291 g/mol. The molecule has 0 fully saturated rings. The standard InChI is InChI=1S/C8H16O2.C5H9NO4/c1-2-3-4-5-6-7-8(9)10;6-3(5(9)10)1-2-4(7)8/h2-7H2,1H3,(H,9,10);3H,1-2,6H2,(H,7,8)(H,9,10)/t;3-/m.0/s1. The van der Waals surface area contributed by atoms with Crippen LogP contribution in [0.1, 0.15) is 58.3 Å².